The molecular formula is C17H21ClN2. The van der Waals surface area contributed by atoms with Gasteiger partial charge in [-0.1, -0.05) is 18.2 Å². The van der Waals surface area contributed by atoms with Crippen molar-refractivity contribution < 1.29 is 0 Å². The minimum Gasteiger partial charge on any atom is -0.312 e. The number of hydrogen-bond acceptors (Lipinski definition) is 2. The molecule has 2 aromatic rings. The van der Waals surface area contributed by atoms with E-state index in [0.29, 0.717) is 5.41 Å². The molecule has 0 unspecified atom stereocenters. The van der Waals surface area contributed by atoms with Gasteiger partial charge in [-0.3, -0.25) is 4.98 Å². The standard InChI is InChI=1S/C17H21ClN2/c1-13-10-14(15-4-2-3-5-16(15)20-13)11-19-12-17(6-7-17)8-9-18/h2-5,10,19H,6-9,11-12H2,1H3. The highest BCUT2D eigenvalue weighted by atomic mass is 35.5. The van der Waals surface area contributed by atoms with Crippen molar-refractivity contribution >= 4 is 22.5 Å². The zero-order chi connectivity index (χ0) is 14.0. The smallest absolute Gasteiger partial charge is 0.0708 e. The van der Waals surface area contributed by atoms with E-state index in [2.05, 4.69) is 41.5 Å². The number of aromatic nitrogens is 1. The number of rotatable bonds is 6. The minimum atomic E-state index is 0.486. The third-order valence-corrected chi connectivity index (χ3v) is 4.52. The van der Waals surface area contributed by atoms with E-state index >= 15 is 0 Å². The highest BCUT2D eigenvalue weighted by Gasteiger charge is 2.41. The van der Waals surface area contributed by atoms with Gasteiger partial charge in [0.05, 0.1) is 5.52 Å². The summed E-state index contributed by atoms with van der Waals surface area (Å²) >= 11 is 5.88. The molecule has 1 saturated carbocycles. The Labute approximate surface area is 125 Å². The van der Waals surface area contributed by atoms with E-state index in [1.54, 1.807) is 0 Å². The lowest BCUT2D eigenvalue weighted by Gasteiger charge is -2.15. The average molecular weight is 289 g/mol. The van der Waals surface area contributed by atoms with Gasteiger partial charge in [0, 0.05) is 30.0 Å². The van der Waals surface area contributed by atoms with Gasteiger partial charge < -0.3 is 5.32 Å². The van der Waals surface area contributed by atoms with Crippen LogP contribution in [0, 0.1) is 12.3 Å². The fourth-order valence-electron chi connectivity index (χ4n) is 2.90. The Morgan fingerprint density at radius 1 is 1.30 bits per heavy atom. The fourth-order valence-corrected chi connectivity index (χ4v) is 3.30. The van der Waals surface area contributed by atoms with Crippen LogP contribution in [0.5, 0.6) is 0 Å². The summed E-state index contributed by atoms with van der Waals surface area (Å²) in [6.45, 7) is 4.05. The lowest BCUT2D eigenvalue weighted by molar-refractivity contribution is 0.446. The number of fused-ring (bicyclic) bond motifs is 1. The lowest BCUT2D eigenvalue weighted by atomic mass is 10.0. The first-order chi connectivity index (χ1) is 9.72. The van der Waals surface area contributed by atoms with Crippen molar-refractivity contribution in [2.45, 2.75) is 32.7 Å². The molecule has 0 spiro atoms. The van der Waals surface area contributed by atoms with Crippen LogP contribution in [0.25, 0.3) is 10.9 Å². The van der Waals surface area contributed by atoms with Crippen molar-refractivity contribution in [2.75, 3.05) is 12.4 Å². The molecule has 3 rings (SSSR count). The number of benzene rings is 1. The second-order valence-electron chi connectivity index (χ2n) is 5.98. The van der Waals surface area contributed by atoms with Crippen LogP contribution >= 0.6 is 11.6 Å². The Bertz CT molecular complexity index is 605. The Morgan fingerprint density at radius 3 is 2.85 bits per heavy atom. The third kappa shape index (κ3) is 2.97. The molecule has 1 aliphatic carbocycles. The molecule has 0 aliphatic heterocycles. The van der Waals surface area contributed by atoms with Gasteiger partial charge in [0.2, 0.25) is 0 Å². The van der Waals surface area contributed by atoms with Crippen LogP contribution in [0.3, 0.4) is 0 Å². The Morgan fingerprint density at radius 2 is 2.10 bits per heavy atom. The Hall–Kier alpha value is -1.12. The quantitative estimate of drug-likeness (QED) is 0.812. The summed E-state index contributed by atoms with van der Waals surface area (Å²) in [6, 6.07) is 10.6. The second-order valence-corrected chi connectivity index (χ2v) is 6.36. The van der Waals surface area contributed by atoms with Crippen molar-refractivity contribution in [3.05, 3.63) is 41.6 Å². The van der Waals surface area contributed by atoms with Crippen LogP contribution in [0.2, 0.25) is 0 Å². The molecular weight excluding hydrogens is 268 g/mol. The van der Waals surface area contributed by atoms with E-state index in [1.165, 1.54) is 23.8 Å². The van der Waals surface area contributed by atoms with Crippen molar-refractivity contribution in [1.82, 2.24) is 10.3 Å². The van der Waals surface area contributed by atoms with Gasteiger partial charge in [0.1, 0.15) is 0 Å². The van der Waals surface area contributed by atoms with E-state index < -0.39 is 0 Å². The SMILES string of the molecule is Cc1cc(CNCC2(CCCl)CC2)c2ccccc2n1. The number of nitrogens with one attached hydrogen (secondary N) is 1. The maximum Gasteiger partial charge on any atom is 0.0708 e. The van der Waals surface area contributed by atoms with Crippen LogP contribution < -0.4 is 5.32 Å². The van der Waals surface area contributed by atoms with E-state index in [0.717, 1.165) is 36.6 Å². The third-order valence-electron chi connectivity index (χ3n) is 4.33. The van der Waals surface area contributed by atoms with Gasteiger partial charge in [-0.2, -0.15) is 0 Å². The first-order valence-electron chi connectivity index (χ1n) is 7.34. The molecule has 1 N–H and O–H groups in total. The Kier molecular flexibility index (Phi) is 3.95. The molecule has 3 heteroatoms. The Balaban J connectivity index is 1.71. The lowest BCUT2D eigenvalue weighted by Crippen LogP contribution is -2.24. The monoisotopic (exact) mass is 288 g/mol. The zero-order valence-electron chi connectivity index (χ0n) is 12.0. The summed E-state index contributed by atoms with van der Waals surface area (Å²) < 4.78 is 0. The van der Waals surface area contributed by atoms with E-state index in [4.69, 9.17) is 11.6 Å². The fraction of sp³-hybridized carbons (Fsp3) is 0.471. The topological polar surface area (TPSA) is 24.9 Å². The number of hydrogen-bond donors (Lipinski definition) is 1. The summed E-state index contributed by atoms with van der Waals surface area (Å²) in [5.74, 6) is 0.777. The van der Waals surface area contributed by atoms with Gasteiger partial charge >= 0.3 is 0 Å². The van der Waals surface area contributed by atoms with Crippen LogP contribution in [0.4, 0.5) is 0 Å². The molecule has 1 heterocycles. The predicted molar refractivity (Wildman–Crippen MR) is 85.2 cm³/mol. The van der Waals surface area contributed by atoms with Crippen molar-refractivity contribution in [2.24, 2.45) is 5.41 Å². The number of pyridine rings is 1. The second kappa shape index (κ2) is 5.71. The number of aryl methyl sites for hydroxylation is 1. The molecule has 0 amide bonds. The largest absolute Gasteiger partial charge is 0.312 e. The molecule has 1 fully saturated rings. The predicted octanol–water partition coefficient (Wildman–Crippen LogP) is 4.04. The zero-order valence-corrected chi connectivity index (χ0v) is 12.7. The molecule has 0 saturated heterocycles. The summed E-state index contributed by atoms with van der Waals surface area (Å²) in [6.07, 6.45) is 3.78. The maximum absolute atomic E-state index is 5.88. The number of para-hydroxylation sites is 1. The van der Waals surface area contributed by atoms with E-state index in [1.807, 2.05) is 6.07 Å². The molecule has 0 atom stereocenters. The molecule has 1 aromatic heterocycles. The summed E-state index contributed by atoms with van der Waals surface area (Å²) in [4.78, 5) is 4.59. The normalized spacial score (nSPS) is 16.5. The van der Waals surface area contributed by atoms with Crippen LogP contribution in [-0.4, -0.2) is 17.4 Å². The van der Waals surface area contributed by atoms with E-state index in [-0.39, 0.29) is 0 Å². The van der Waals surface area contributed by atoms with Crippen molar-refractivity contribution in [3.8, 4) is 0 Å². The number of nitrogens with zero attached hydrogens (tertiary/aromatic N) is 1. The molecule has 2 nitrogen and oxygen atoms in total. The molecule has 106 valence electrons. The highest BCUT2D eigenvalue weighted by Crippen LogP contribution is 2.48. The van der Waals surface area contributed by atoms with E-state index in [9.17, 15) is 0 Å². The average Bonchev–Trinajstić information content (AvgIpc) is 3.19. The number of halogens is 1. The minimum absolute atomic E-state index is 0.486. The van der Waals surface area contributed by atoms with Crippen LogP contribution in [-0.2, 0) is 6.54 Å². The van der Waals surface area contributed by atoms with Gasteiger partial charge in [-0.25, -0.2) is 0 Å². The van der Waals surface area contributed by atoms with Gasteiger partial charge in [-0.15, -0.1) is 11.6 Å². The molecule has 1 aromatic carbocycles. The van der Waals surface area contributed by atoms with Gasteiger partial charge in [0.25, 0.3) is 0 Å². The first kappa shape index (κ1) is 13.8. The summed E-state index contributed by atoms with van der Waals surface area (Å²) in [5, 5.41) is 4.88. The van der Waals surface area contributed by atoms with Crippen LogP contribution in [0.1, 0.15) is 30.5 Å². The molecule has 20 heavy (non-hydrogen) atoms. The summed E-state index contributed by atoms with van der Waals surface area (Å²) in [7, 11) is 0. The summed E-state index contributed by atoms with van der Waals surface area (Å²) in [5.41, 5.74) is 4.00. The maximum atomic E-state index is 5.88. The number of alkyl halides is 1. The molecule has 0 bridgehead atoms. The van der Waals surface area contributed by atoms with Gasteiger partial charge in [-0.05, 0) is 49.3 Å². The first-order valence-corrected chi connectivity index (χ1v) is 7.88. The van der Waals surface area contributed by atoms with Gasteiger partial charge in [0.15, 0.2) is 0 Å². The van der Waals surface area contributed by atoms with Crippen molar-refractivity contribution in [3.63, 3.8) is 0 Å². The molecule has 1 aliphatic rings. The highest BCUT2D eigenvalue weighted by molar-refractivity contribution is 6.17. The van der Waals surface area contributed by atoms with Crippen molar-refractivity contribution in [1.29, 1.82) is 0 Å². The van der Waals surface area contributed by atoms with Crippen LogP contribution in [0.15, 0.2) is 30.3 Å². The molecule has 0 radical (unpaired) electrons.